The first kappa shape index (κ1) is 10.9. The van der Waals surface area contributed by atoms with Crippen molar-refractivity contribution in [3.8, 4) is 11.1 Å². The van der Waals surface area contributed by atoms with E-state index >= 15 is 0 Å². The SMILES string of the molecule is Nc1nc2n[nH]c(N)c2c(-c2ccccc2)c1Cl. The minimum Gasteiger partial charge on any atom is -0.383 e. The zero-order valence-electron chi connectivity index (χ0n) is 9.31. The summed E-state index contributed by atoms with van der Waals surface area (Å²) >= 11 is 6.25. The fraction of sp³-hybridized carbons (Fsp3) is 0. The van der Waals surface area contributed by atoms with E-state index < -0.39 is 0 Å². The van der Waals surface area contributed by atoms with Crippen molar-refractivity contribution in [1.29, 1.82) is 0 Å². The Morgan fingerprint density at radius 3 is 2.56 bits per heavy atom. The van der Waals surface area contributed by atoms with E-state index in [0.717, 1.165) is 11.1 Å². The molecule has 6 heteroatoms. The monoisotopic (exact) mass is 259 g/mol. The molecule has 0 aliphatic carbocycles. The second kappa shape index (κ2) is 3.89. The Morgan fingerprint density at radius 2 is 1.83 bits per heavy atom. The van der Waals surface area contributed by atoms with Gasteiger partial charge in [0.25, 0.3) is 0 Å². The second-order valence-electron chi connectivity index (χ2n) is 3.89. The molecule has 2 heterocycles. The van der Waals surface area contributed by atoms with Gasteiger partial charge in [0.15, 0.2) is 5.65 Å². The summed E-state index contributed by atoms with van der Waals surface area (Å²) in [4.78, 5) is 4.11. The first-order valence-electron chi connectivity index (χ1n) is 5.32. The van der Waals surface area contributed by atoms with Crippen molar-refractivity contribution in [3.63, 3.8) is 0 Å². The van der Waals surface area contributed by atoms with E-state index in [1.54, 1.807) is 0 Å². The van der Waals surface area contributed by atoms with E-state index in [1.165, 1.54) is 0 Å². The van der Waals surface area contributed by atoms with Gasteiger partial charge in [-0.25, -0.2) is 4.98 Å². The van der Waals surface area contributed by atoms with E-state index in [1.807, 2.05) is 30.3 Å². The van der Waals surface area contributed by atoms with Crippen molar-refractivity contribution in [1.82, 2.24) is 15.2 Å². The van der Waals surface area contributed by atoms with E-state index in [4.69, 9.17) is 23.1 Å². The fourth-order valence-electron chi connectivity index (χ4n) is 1.95. The van der Waals surface area contributed by atoms with Crippen LogP contribution in [0.25, 0.3) is 22.2 Å². The van der Waals surface area contributed by atoms with Gasteiger partial charge in [-0.1, -0.05) is 41.9 Å². The number of rotatable bonds is 1. The molecule has 3 rings (SSSR count). The van der Waals surface area contributed by atoms with Gasteiger partial charge in [-0.15, -0.1) is 0 Å². The lowest BCUT2D eigenvalue weighted by molar-refractivity contribution is 1.11. The Bertz CT molecular complexity index is 720. The third-order valence-electron chi connectivity index (χ3n) is 2.76. The predicted octanol–water partition coefficient (Wildman–Crippen LogP) is 2.44. The van der Waals surface area contributed by atoms with Gasteiger partial charge in [-0.05, 0) is 5.56 Å². The van der Waals surface area contributed by atoms with E-state index in [-0.39, 0.29) is 5.82 Å². The summed E-state index contributed by atoms with van der Waals surface area (Å²) in [6, 6.07) is 9.64. The van der Waals surface area contributed by atoms with Crippen molar-refractivity contribution in [2.75, 3.05) is 11.5 Å². The number of nitrogen functional groups attached to an aromatic ring is 2. The number of nitrogens with zero attached hydrogens (tertiary/aromatic N) is 2. The molecule has 0 saturated carbocycles. The number of fused-ring (bicyclic) bond motifs is 1. The molecule has 0 saturated heterocycles. The molecule has 5 N–H and O–H groups in total. The van der Waals surface area contributed by atoms with Gasteiger partial charge in [-0.2, -0.15) is 5.10 Å². The Hall–Kier alpha value is -2.27. The number of hydrogen-bond acceptors (Lipinski definition) is 4. The summed E-state index contributed by atoms with van der Waals surface area (Å²) in [7, 11) is 0. The molecule has 0 fully saturated rings. The van der Waals surface area contributed by atoms with Crippen LogP contribution in [0.2, 0.25) is 5.02 Å². The Balaban J connectivity index is 2.46. The molecule has 0 spiro atoms. The van der Waals surface area contributed by atoms with E-state index in [0.29, 0.717) is 21.9 Å². The molecule has 3 aromatic rings. The van der Waals surface area contributed by atoms with Gasteiger partial charge in [0.1, 0.15) is 11.6 Å². The number of pyridine rings is 1. The third kappa shape index (κ3) is 1.48. The quantitative estimate of drug-likeness (QED) is 0.626. The zero-order chi connectivity index (χ0) is 12.7. The molecule has 18 heavy (non-hydrogen) atoms. The number of anilines is 2. The van der Waals surface area contributed by atoms with Gasteiger partial charge in [0.05, 0.1) is 10.4 Å². The lowest BCUT2D eigenvalue weighted by Gasteiger charge is -2.08. The highest BCUT2D eigenvalue weighted by atomic mass is 35.5. The number of aromatic amines is 1. The average molecular weight is 260 g/mol. The van der Waals surface area contributed by atoms with Gasteiger partial charge < -0.3 is 11.5 Å². The minimum atomic E-state index is 0.245. The first-order chi connectivity index (χ1) is 8.68. The second-order valence-corrected chi connectivity index (χ2v) is 4.27. The summed E-state index contributed by atoms with van der Waals surface area (Å²) in [5.74, 6) is 0.674. The molecule has 0 aliphatic heterocycles. The van der Waals surface area contributed by atoms with Crippen LogP contribution >= 0.6 is 11.6 Å². The number of halogens is 1. The van der Waals surface area contributed by atoms with Crippen LogP contribution in [-0.2, 0) is 0 Å². The highest BCUT2D eigenvalue weighted by molar-refractivity contribution is 6.37. The molecular formula is C12H10ClN5. The maximum absolute atomic E-state index is 6.25. The van der Waals surface area contributed by atoms with Crippen molar-refractivity contribution in [3.05, 3.63) is 35.4 Å². The maximum atomic E-state index is 6.25. The largest absolute Gasteiger partial charge is 0.383 e. The van der Waals surface area contributed by atoms with Gasteiger partial charge in [0.2, 0.25) is 0 Å². The fourth-order valence-corrected chi connectivity index (χ4v) is 2.20. The van der Waals surface area contributed by atoms with Crippen molar-refractivity contribution < 1.29 is 0 Å². The van der Waals surface area contributed by atoms with Crippen LogP contribution in [0.5, 0.6) is 0 Å². The maximum Gasteiger partial charge on any atom is 0.185 e. The molecule has 5 nitrogen and oxygen atoms in total. The third-order valence-corrected chi connectivity index (χ3v) is 3.14. The number of nitrogens with one attached hydrogen (secondary N) is 1. The molecule has 90 valence electrons. The normalized spacial score (nSPS) is 10.9. The molecule has 0 aliphatic rings. The first-order valence-corrected chi connectivity index (χ1v) is 5.70. The molecule has 0 amide bonds. The number of benzene rings is 1. The summed E-state index contributed by atoms with van der Waals surface area (Å²) in [5.41, 5.74) is 13.8. The number of nitrogens with two attached hydrogens (primary N) is 2. The Morgan fingerprint density at radius 1 is 1.11 bits per heavy atom. The van der Waals surface area contributed by atoms with Crippen LogP contribution in [-0.4, -0.2) is 15.2 Å². The molecule has 1 aromatic carbocycles. The van der Waals surface area contributed by atoms with Crippen molar-refractivity contribution >= 4 is 34.3 Å². The molecule has 0 bridgehead atoms. The summed E-state index contributed by atoms with van der Waals surface area (Å²) in [6.07, 6.45) is 0. The van der Waals surface area contributed by atoms with Crippen molar-refractivity contribution in [2.24, 2.45) is 0 Å². The van der Waals surface area contributed by atoms with Crippen molar-refractivity contribution in [2.45, 2.75) is 0 Å². The topological polar surface area (TPSA) is 93.6 Å². The summed E-state index contributed by atoms with van der Waals surface area (Å²) < 4.78 is 0. The summed E-state index contributed by atoms with van der Waals surface area (Å²) in [6.45, 7) is 0. The van der Waals surface area contributed by atoms with Crippen LogP contribution in [0.3, 0.4) is 0 Å². The van der Waals surface area contributed by atoms with Crippen LogP contribution in [0, 0.1) is 0 Å². The van der Waals surface area contributed by atoms with E-state index in [9.17, 15) is 0 Å². The van der Waals surface area contributed by atoms with Gasteiger partial charge in [-0.3, -0.25) is 5.10 Å². The van der Waals surface area contributed by atoms with E-state index in [2.05, 4.69) is 15.2 Å². The molecule has 0 radical (unpaired) electrons. The lowest BCUT2D eigenvalue weighted by Crippen LogP contribution is -1.96. The number of H-pyrrole nitrogens is 1. The average Bonchev–Trinajstić information content (AvgIpc) is 2.73. The van der Waals surface area contributed by atoms with Gasteiger partial charge in [0, 0.05) is 5.56 Å². The smallest absolute Gasteiger partial charge is 0.185 e. The highest BCUT2D eigenvalue weighted by Crippen LogP contribution is 2.38. The highest BCUT2D eigenvalue weighted by Gasteiger charge is 2.17. The number of aromatic nitrogens is 3. The molecule has 0 atom stereocenters. The zero-order valence-corrected chi connectivity index (χ0v) is 10.1. The summed E-state index contributed by atoms with van der Waals surface area (Å²) in [5, 5.41) is 7.78. The molecular weight excluding hydrogens is 250 g/mol. The lowest BCUT2D eigenvalue weighted by atomic mass is 10.0. The predicted molar refractivity (Wildman–Crippen MR) is 73.2 cm³/mol. The Kier molecular flexibility index (Phi) is 2.34. The molecule has 2 aromatic heterocycles. The van der Waals surface area contributed by atoms with Crippen LogP contribution in [0.1, 0.15) is 0 Å². The standard InChI is InChI=1S/C12H10ClN5/c13-9-7(6-4-2-1-3-5-6)8-10(14)17-18-12(8)16-11(9)15/h1-5H,(H5,14,15,16,17,18). The van der Waals surface area contributed by atoms with Crippen LogP contribution in [0.4, 0.5) is 11.6 Å². The van der Waals surface area contributed by atoms with Crippen LogP contribution < -0.4 is 11.5 Å². The Labute approximate surface area is 108 Å². The van der Waals surface area contributed by atoms with Crippen LogP contribution in [0.15, 0.2) is 30.3 Å². The molecule has 0 unspecified atom stereocenters. The van der Waals surface area contributed by atoms with Gasteiger partial charge >= 0.3 is 0 Å². The minimum absolute atomic E-state index is 0.245. The number of hydrogen-bond donors (Lipinski definition) is 3.